The van der Waals surface area contributed by atoms with Gasteiger partial charge in [-0.3, -0.25) is 0 Å². The molecule has 0 spiro atoms. The topological polar surface area (TPSA) is 12.9 Å². The zero-order chi connectivity index (χ0) is 11.3. The molecule has 86 valence electrons. The quantitative estimate of drug-likeness (QED) is 0.643. The molecule has 0 unspecified atom stereocenters. The van der Waals surface area contributed by atoms with E-state index in [-0.39, 0.29) is 0 Å². The first-order valence-electron chi connectivity index (χ1n) is 6.04. The maximum absolute atomic E-state index is 4.47. The fraction of sp³-hybridized carbons (Fsp3) is 0.769. The molecule has 1 rings (SSSR count). The van der Waals surface area contributed by atoms with Crippen molar-refractivity contribution in [1.29, 1.82) is 0 Å². The lowest BCUT2D eigenvalue weighted by Gasteiger charge is -2.02. The summed E-state index contributed by atoms with van der Waals surface area (Å²) in [6.07, 6.45) is 7.21. The Morgan fingerprint density at radius 3 is 2.47 bits per heavy atom. The number of hydrogen-bond donors (Lipinski definition) is 0. The summed E-state index contributed by atoms with van der Waals surface area (Å²) in [5, 5.41) is 1.32. The molecule has 0 bridgehead atoms. The van der Waals surface area contributed by atoms with Gasteiger partial charge in [0, 0.05) is 11.1 Å². The molecule has 2 heteroatoms. The molecule has 0 saturated heterocycles. The van der Waals surface area contributed by atoms with Crippen molar-refractivity contribution in [2.24, 2.45) is 5.92 Å². The molecule has 1 aromatic heterocycles. The highest BCUT2D eigenvalue weighted by Crippen LogP contribution is 2.23. The standard InChI is InChI=1S/C13H23NS/c1-10(2)7-5-6-8-13-14-9-12(15-13)11(3)4/h9-11H,5-8H2,1-4H3. The average molecular weight is 225 g/mol. The predicted octanol–water partition coefficient (Wildman–Crippen LogP) is 4.64. The van der Waals surface area contributed by atoms with Crippen LogP contribution < -0.4 is 0 Å². The molecule has 0 saturated carbocycles. The summed E-state index contributed by atoms with van der Waals surface area (Å²) in [4.78, 5) is 5.90. The van der Waals surface area contributed by atoms with E-state index < -0.39 is 0 Å². The number of rotatable bonds is 6. The summed E-state index contributed by atoms with van der Waals surface area (Å²) in [6, 6.07) is 0. The number of nitrogens with zero attached hydrogens (tertiary/aromatic N) is 1. The number of aromatic nitrogens is 1. The van der Waals surface area contributed by atoms with E-state index in [1.54, 1.807) is 0 Å². The van der Waals surface area contributed by atoms with Gasteiger partial charge in [-0.2, -0.15) is 0 Å². The number of hydrogen-bond acceptors (Lipinski definition) is 2. The van der Waals surface area contributed by atoms with Crippen LogP contribution in [0, 0.1) is 5.92 Å². The fourth-order valence-corrected chi connectivity index (χ4v) is 2.50. The van der Waals surface area contributed by atoms with Crippen molar-refractivity contribution < 1.29 is 0 Å². The van der Waals surface area contributed by atoms with Crippen LogP contribution >= 0.6 is 11.3 Å². The first-order chi connectivity index (χ1) is 7.09. The lowest BCUT2D eigenvalue weighted by molar-refractivity contribution is 0.538. The Morgan fingerprint density at radius 1 is 1.20 bits per heavy atom. The van der Waals surface area contributed by atoms with Gasteiger partial charge in [0.1, 0.15) is 0 Å². The summed E-state index contributed by atoms with van der Waals surface area (Å²) >= 11 is 1.89. The Hall–Kier alpha value is -0.370. The van der Waals surface area contributed by atoms with E-state index in [4.69, 9.17) is 0 Å². The predicted molar refractivity (Wildman–Crippen MR) is 68.6 cm³/mol. The number of unbranched alkanes of at least 4 members (excludes halogenated alkanes) is 1. The molecule has 1 heterocycles. The molecule has 1 aromatic rings. The van der Waals surface area contributed by atoms with Gasteiger partial charge in [0.05, 0.1) is 5.01 Å². The van der Waals surface area contributed by atoms with Crippen molar-refractivity contribution in [3.8, 4) is 0 Å². The summed E-state index contributed by atoms with van der Waals surface area (Å²) in [5.74, 6) is 1.47. The van der Waals surface area contributed by atoms with E-state index in [2.05, 4.69) is 32.7 Å². The van der Waals surface area contributed by atoms with Gasteiger partial charge in [0.25, 0.3) is 0 Å². The van der Waals surface area contributed by atoms with Crippen LogP contribution in [0.4, 0.5) is 0 Å². The Labute approximate surface area is 97.9 Å². The van der Waals surface area contributed by atoms with Gasteiger partial charge >= 0.3 is 0 Å². The summed E-state index contributed by atoms with van der Waals surface area (Å²) in [7, 11) is 0. The van der Waals surface area contributed by atoms with Crippen LogP contribution in [0.5, 0.6) is 0 Å². The van der Waals surface area contributed by atoms with Crippen LogP contribution in [0.2, 0.25) is 0 Å². The molecular formula is C13H23NS. The second-order valence-electron chi connectivity index (χ2n) is 4.95. The van der Waals surface area contributed by atoms with Crippen molar-refractivity contribution >= 4 is 11.3 Å². The Balaban J connectivity index is 2.26. The van der Waals surface area contributed by atoms with Crippen molar-refractivity contribution in [3.63, 3.8) is 0 Å². The van der Waals surface area contributed by atoms with E-state index in [1.807, 2.05) is 17.5 Å². The first kappa shape index (κ1) is 12.7. The molecule has 0 amide bonds. The van der Waals surface area contributed by atoms with Gasteiger partial charge < -0.3 is 0 Å². The molecule has 0 N–H and O–H groups in total. The molecule has 0 aliphatic rings. The second-order valence-corrected chi connectivity index (χ2v) is 6.10. The summed E-state index contributed by atoms with van der Waals surface area (Å²) < 4.78 is 0. The molecular weight excluding hydrogens is 202 g/mol. The minimum absolute atomic E-state index is 0.631. The Bertz CT molecular complexity index is 276. The molecule has 0 aliphatic heterocycles. The second kappa shape index (κ2) is 6.26. The molecule has 0 aromatic carbocycles. The Kier molecular flexibility index (Phi) is 5.30. The van der Waals surface area contributed by atoms with E-state index in [0.717, 1.165) is 5.92 Å². The maximum Gasteiger partial charge on any atom is 0.0927 e. The highest BCUT2D eigenvalue weighted by molar-refractivity contribution is 7.11. The van der Waals surface area contributed by atoms with Gasteiger partial charge in [-0.25, -0.2) is 4.98 Å². The lowest BCUT2D eigenvalue weighted by Crippen LogP contribution is -1.89. The minimum atomic E-state index is 0.631. The molecule has 0 atom stereocenters. The molecule has 0 radical (unpaired) electrons. The van der Waals surface area contributed by atoms with Crippen molar-refractivity contribution in [2.75, 3.05) is 0 Å². The summed E-state index contributed by atoms with van der Waals surface area (Å²) in [5.41, 5.74) is 0. The van der Waals surface area contributed by atoms with Crippen LogP contribution in [0.3, 0.4) is 0 Å². The lowest BCUT2D eigenvalue weighted by atomic mass is 10.1. The SMILES string of the molecule is CC(C)CCCCc1ncc(C(C)C)s1. The van der Waals surface area contributed by atoms with Crippen LogP contribution in [-0.4, -0.2) is 4.98 Å². The van der Waals surface area contributed by atoms with E-state index >= 15 is 0 Å². The maximum atomic E-state index is 4.47. The zero-order valence-electron chi connectivity index (χ0n) is 10.4. The fourth-order valence-electron chi connectivity index (χ4n) is 1.54. The van der Waals surface area contributed by atoms with Gasteiger partial charge in [0.15, 0.2) is 0 Å². The van der Waals surface area contributed by atoms with Gasteiger partial charge in [-0.15, -0.1) is 11.3 Å². The molecule has 0 fully saturated rings. The normalized spacial score (nSPS) is 11.6. The summed E-state index contributed by atoms with van der Waals surface area (Å²) in [6.45, 7) is 9.05. The smallest absolute Gasteiger partial charge is 0.0927 e. The van der Waals surface area contributed by atoms with Crippen LogP contribution in [0.1, 0.15) is 62.8 Å². The highest BCUT2D eigenvalue weighted by Gasteiger charge is 2.05. The van der Waals surface area contributed by atoms with Crippen LogP contribution in [0.15, 0.2) is 6.20 Å². The van der Waals surface area contributed by atoms with Crippen molar-refractivity contribution in [1.82, 2.24) is 4.98 Å². The Morgan fingerprint density at radius 2 is 1.93 bits per heavy atom. The van der Waals surface area contributed by atoms with Crippen LogP contribution in [-0.2, 0) is 6.42 Å². The monoisotopic (exact) mass is 225 g/mol. The third-order valence-electron chi connectivity index (χ3n) is 2.56. The largest absolute Gasteiger partial charge is 0.249 e. The zero-order valence-corrected chi connectivity index (χ0v) is 11.2. The van der Waals surface area contributed by atoms with Gasteiger partial charge in [0.2, 0.25) is 0 Å². The third-order valence-corrected chi connectivity index (χ3v) is 3.92. The van der Waals surface area contributed by atoms with E-state index in [1.165, 1.54) is 35.6 Å². The molecule has 1 nitrogen and oxygen atoms in total. The van der Waals surface area contributed by atoms with E-state index in [9.17, 15) is 0 Å². The van der Waals surface area contributed by atoms with Gasteiger partial charge in [-0.1, -0.05) is 40.5 Å². The molecule has 0 aliphatic carbocycles. The van der Waals surface area contributed by atoms with E-state index in [0.29, 0.717) is 5.92 Å². The minimum Gasteiger partial charge on any atom is -0.249 e. The van der Waals surface area contributed by atoms with Gasteiger partial charge in [-0.05, 0) is 24.7 Å². The number of thiazole rings is 1. The molecule has 15 heavy (non-hydrogen) atoms. The average Bonchev–Trinajstić information content (AvgIpc) is 2.60. The van der Waals surface area contributed by atoms with Crippen LogP contribution in [0.25, 0.3) is 0 Å². The number of aryl methyl sites for hydroxylation is 1. The highest BCUT2D eigenvalue weighted by atomic mass is 32.1. The van der Waals surface area contributed by atoms with Crippen molar-refractivity contribution in [2.45, 2.75) is 59.3 Å². The third kappa shape index (κ3) is 4.78. The first-order valence-corrected chi connectivity index (χ1v) is 6.86. The van der Waals surface area contributed by atoms with Crippen molar-refractivity contribution in [3.05, 3.63) is 16.1 Å².